The lowest BCUT2D eigenvalue weighted by Gasteiger charge is -2.32. The van der Waals surface area contributed by atoms with Crippen LogP contribution < -0.4 is 5.32 Å². The van der Waals surface area contributed by atoms with E-state index in [9.17, 15) is 4.79 Å². The number of amides is 1. The first kappa shape index (κ1) is 18.2. The second kappa shape index (κ2) is 8.25. The maximum absolute atomic E-state index is 12.6. The van der Waals surface area contributed by atoms with Gasteiger partial charge in [0.25, 0.3) is 0 Å². The molecule has 142 valence electrons. The third kappa shape index (κ3) is 4.24. The van der Waals surface area contributed by atoms with E-state index < -0.39 is 0 Å². The molecule has 1 amide bonds. The van der Waals surface area contributed by atoms with Crippen LogP contribution in [0.25, 0.3) is 21.5 Å². The third-order valence-corrected chi connectivity index (χ3v) is 6.12. The maximum Gasteiger partial charge on any atom is 0.240 e. The van der Waals surface area contributed by atoms with Crippen molar-refractivity contribution in [2.24, 2.45) is 0 Å². The van der Waals surface area contributed by atoms with Crippen molar-refractivity contribution in [1.29, 1.82) is 0 Å². The van der Waals surface area contributed by atoms with E-state index in [1.807, 2.05) is 12.1 Å². The zero-order chi connectivity index (χ0) is 18.6. The number of thiophene rings is 1. The lowest BCUT2D eigenvalue weighted by molar-refractivity contribution is -0.121. The molecular weight excluding hydrogens is 356 g/mol. The maximum atomic E-state index is 12.6. The number of likely N-dealkylation sites (N-methyl/N-ethyl adjacent to an activating group) is 1. The summed E-state index contributed by atoms with van der Waals surface area (Å²) >= 11 is 1.71. The standard InChI is InChI=1S/C21H26N4OS/c1-23-10-12-24(13-11-23)9-8-22-21(26)16-25-18-6-3-2-5-17(18)15-19(25)20-7-4-14-27-20/h2-7,14-15H,8-13,16H2,1H3,(H,22,26). The van der Waals surface area contributed by atoms with Crippen molar-refractivity contribution >= 4 is 28.1 Å². The summed E-state index contributed by atoms with van der Waals surface area (Å²) < 4.78 is 2.13. The fraction of sp³-hybridized carbons (Fsp3) is 0.381. The number of carbonyl (C=O) groups is 1. The molecule has 1 saturated heterocycles. The Hall–Kier alpha value is -2.15. The van der Waals surface area contributed by atoms with Gasteiger partial charge in [0.2, 0.25) is 5.91 Å². The molecule has 0 atom stereocenters. The number of hydrogen-bond acceptors (Lipinski definition) is 4. The van der Waals surface area contributed by atoms with Gasteiger partial charge in [-0.05, 0) is 30.6 Å². The van der Waals surface area contributed by atoms with Gasteiger partial charge in [0.1, 0.15) is 6.54 Å². The lowest BCUT2D eigenvalue weighted by atomic mass is 10.2. The van der Waals surface area contributed by atoms with E-state index in [0.29, 0.717) is 13.1 Å². The van der Waals surface area contributed by atoms with E-state index >= 15 is 0 Å². The first-order valence-electron chi connectivity index (χ1n) is 9.50. The van der Waals surface area contributed by atoms with Crippen LogP contribution in [0.1, 0.15) is 0 Å². The molecule has 1 N–H and O–H groups in total. The summed E-state index contributed by atoms with van der Waals surface area (Å²) in [5.41, 5.74) is 2.22. The van der Waals surface area contributed by atoms with Crippen LogP contribution in [0, 0.1) is 0 Å². The third-order valence-electron chi connectivity index (χ3n) is 5.23. The van der Waals surface area contributed by atoms with Crippen LogP contribution in [0.4, 0.5) is 0 Å². The van der Waals surface area contributed by atoms with Crippen LogP contribution in [0.3, 0.4) is 0 Å². The number of rotatable bonds is 6. The average molecular weight is 383 g/mol. The molecule has 0 saturated carbocycles. The Morgan fingerprint density at radius 2 is 1.93 bits per heavy atom. The summed E-state index contributed by atoms with van der Waals surface area (Å²) in [7, 11) is 2.16. The van der Waals surface area contributed by atoms with Crippen molar-refractivity contribution in [3.63, 3.8) is 0 Å². The summed E-state index contributed by atoms with van der Waals surface area (Å²) in [6.45, 7) is 6.35. The second-order valence-corrected chi connectivity index (χ2v) is 8.09. The average Bonchev–Trinajstić information content (AvgIpc) is 3.32. The SMILES string of the molecule is CN1CCN(CCNC(=O)Cn2c(-c3cccs3)cc3ccccc32)CC1. The van der Waals surface area contributed by atoms with Crippen LogP contribution in [0.15, 0.2) is 47.8 Å². The molecule has 6 heteroatoms. The first-order chi connectivity index (χ1) is 13.2. The van der Waals surface area contributed by atoms with Crippen LogP contribution in [0.2, 0.25) is 0 Å². The van der Waals surface area contributed by atoms with Gasteiger partial charge in [-0.15, -0.1) is 11.3 Å². The van der Waals surface area contributed by atoms with Crippen LogP contribution in [0.5, 0.6) is 0 Å². The fourth-order valence-electron chi connectivity index (χ4n) is 3.63. The number of hydrogen-bond donors (Lipinski definition) is 1. The Morgan fingerprint density at radius 3 is 2.70 bits per heavy atom. The lowest BCUT2D eigenvalue weighted by Crippen LogP contribution is -2.47. The molecule has 0 radical (unpaired) electrons. The zero-order valence-electron chi connectivity index (χ0n) is 15.7. The van der Waals surface area contributed by atoms with E-state index in [1.165, 1.54) is 10.3 Å². The topological polar surface area (TPSA) is 40.5 Å². The van der Waals surface area contributed by atoms with Crippen molar-refractivity contribution < 1.29 is 4.79 Å². The number of para-hydroxylation sites is 1. The van der Waals surface area contributed by atoms with Gasteiger partial charge in [0, 0.05) is 50.2 Å². The molecule has 5 nitrogen and oxygen atoms in total. The fourth-order valence-corrected chi connectivity index (χ4v) is 4.38. The highest BCUT2D eigenvalue weighted by atomic mass is 32.1. The Labute approximate surface area is 164 Å². The second-order valence-electron chi connectivity index (χ2n) is 7.15. The Bertz CT molecular complexity index is 894. The van der Waals surface area contributed by atoms with Crippen LogP contribution >= 0.6 is 11.3 Å². The van der Waals surface area contributed by atoms with E-state index in [-0.39, 0.29) is 5.91 Å². The molecule has 0 aliphatic carbocycles. The van der Waals surface area contributed by atoms with Crippen molar-refractivity contribution in [2.45, 2.75) is 6.54 Å². The minimum absolute atomic E-state index is 0.0725. The van der Waals surface area contributed by atoms with Crippen molar-refractivity contribution in [2.75, 3.05) is 46.3 Å². The molecule has 3 aromatic rings. The smallest absolute Gasteiger partial charge is 0.240 e. The summed E-state index contributed by atoms with van der Waals surface area (Å²) in [6.07, 6.45) is 0. The molecule has 1 fully saturated rings. The van der Waals surface area contributed by atoms with Gasteiger partial charge in [0.15, 0.2) is 0 Å². The molecule has 4 rings (SSSR count). The largest absolute Gasteiger partial charge is 0.353 e. The minimum Gasteiger partial charge on any atom is -0.353 e. The molecule has 0 spiro atoms. The van der Waals surface area contributed by atoms with E-state index in [2.05, 4.69) is 62.4 Å². The predicted octanol–water partition coefficient (Wildman–Crippen LogP) is 2.73. The first-order valence-corrected chi connectivity index (χ1v) is 10.4. The van der Waals surface area contributed by atoms with Gasteiger partial charge in [-0.1, -0.05) is 24.3 Å². The predicted molar refractivity (Wildman–Crippen MR) is 112 cm³/mol. The van der Waals surface area contributed by atoms with Gasteiger partial charge in [-0.3, -0.25) is 9.69 Å². The van der Waals surface area contributed by atoms with Crippen LogP contribution in [-0.2, 0) is 11.3 Å². The number of nitrogens with one attached hydrogen (secondary N) is 1. The number of aromatic nitrogens is 1. The highest BCUT2D eigenvalue weighted by Crippen LogP contribution is 2.31. The Kier molecular flexibility index (Phi) is 5.57. The molecular formula is C21H26N4OS. The van der Waals surface area contributed by atoms with E-state index in [0.717, 1.165) is 43.9 Å². The molecule has 2 aromatic heterocycles. The van der Waals surface area contributed by atoms with Gasteiger partial charge in [0.05, 0.1) is 10.6 Å². The van der Waals surface area contributed by atoms with Gasteiger partial charge < -0.3 is 14.8 Å². The summed E-state index contributed by atoms with van der Waals surface area (Å²) in [4.78, 5) is 18.6. The Balaban J connectivity index is 1.42. The van der Waals surface area contributed by atoms with Crippen LogP contribution in [-0.4, -0.2) is 66.6 Å². The molecule has 27 heavy (non-hydrogen) atoms. The Morgan fingerprint density at radius 1 is 1.11 bits per heavy atom. The molecule has 1 aliphatic heterocycles. The molecule has 0 bridgehead atoms. The van der Waals surface area contributed by atoms with E-state index in [1.54, 1.807) is 11.3 Å². The highest BCUT2D eigenvalue weighted by molar-refractivity contribution is 7.13. The van der Waals surface area contributed by atoms with Gasteiger partial charge >= 0.3 is 0 Å². The van der Waals surface area contributed by atoms with Crippen molar-refractivity contribution in [1.82, 2.24) is 19.7 Å². The molecule has 0 unspecified atom stereocenters. The quantitative estimate of drug-likeness (QED) is 0.713. The monoisotopic (exact) mass is 382 g/mol. The van der Waals surface area contributed by atoms with Gasteiger partial charge in [-0.2, -0.15) is 0 Å². The molecule has 1 aliphatic rings. The summed E-state index contributed by atoms with van der Waals surface area (Å²) in [5, 5.41) is 6.35. The van der Waals surface area contributed by atoms with Crippen molar-refractivity contribution in [3.8, 4) is 10.6 Å². The number of piperazine rings is 1. The number of nitrogens with zero attached hydrogens (tertiary/aromatic N) is 3. The zero-order valence-corrected chi connectivity index (χ0v) is 16.5. The minimum atomic E-state index is 0.0725. The molecule has 1 aromatic carbocycles. The molecule has 3 heterocycles. The number of benzene rings is 1. The summed E-state index contributed by atoms with van der Waals surface area (Å²) in [5.74, 6) is 0.0725. The van der Waals surface area contributed by atoms with Crippen molar-refractivity contribution in [3.05, 3.63) is 47.8 Å². The number of fused-ring (bicyclic) bond motifs is 1. The van der Waals surface area contributed by atoms with E-state index in [4.69, 9.17) is 0 Å². The number of carbonyl (C=O) groups excluding carboxylic acids is 1. The van der Waals surface area contributed by atoms with Gasteiger partial charge in [-0.25, -0.2) is 0 Å². The summed E-state index contributed by atoms with van der Waals surface area (Å²) in [6, 6.07) is 14.6. The normalized spacial score (nSPS) is 16.0. The highest BCUT2D eigenvalue weighted by Gasteiger charge is 2.15.